The molecule has 21 nitrogen and oxygen atoms in total. The van der Waals surface area contributed by atoms with Gasteiger partial charge >= 0.3 is 0 Å². The third-order valence-corrected chi connectivity index (χ3v) is 11.0. The van der Waals surface area contributed by atoms with Gasteiger partial charge in [-0.05, 0) is 34.6 Å². The number of ether oxygens (including phenoxy) is 9. The molecule has 0 radical (unpaired) electrons. The zero-order chi connectivity index (χ0) is 38.1. The van der Waals surface area contributed by atoms with Gasteiger partial charge in [-0.1, -0.05) is 0 Å². The van der Waals surface area contributed by atoms with E-state index in [2.05, 4.69) is 0 Å². The van der Waals surface area contributed by atoms with Crippen molar-refractivity contribution in [2.45, 2.75) is 155 Å². The molecule has 5 fully saturated rings. The van der Waals surface area contributed by atoms with Gasteiger partial charge in [-0.25, -0.2) is 0 Å². The largest absolute Gasteiger partial charge is 0.394 e. The van der Waals surface area contributed by atoms with Crippen molar-refractivity contribution in [1.82, 2.24) is 0 Å². The van der Waals surface area contributed by atoms with Gasteiger partial charge in [0.2, 0.25) is 0 Å². The van der Waals surface area contributed by atoms with Crippen LogP contribution in [0.15, 0.2) is 0 Å². The Labute approximate surface area is 292 Å². The van der Waals surface area contributed by atoms with Crippen LogP contribution in [0.5, 0.6) is 0 Å². The lowest BCUT2D eigenvalue weighted by atomic mass is 9.92. The van der Waals surface area contributed by atoms with Crippen molar-refractivity contribution in [3.63, 3.8) is 0 Å². The molecule has 0 aliphatic carbocycles. The summed E-state index contributed by atoms with van der Waals surface area (Å²) in [5.41, 5.74) is -9.90. The molecule has 0 saturated carbocycles. The Hall–Kier alpha value is -0.840. The Balaban J connectivity index is 1.34. The van der Waals surface area contributed by atoms with Gasteiger partial charge in [-0.15, -0.1) is 0 Å². The van der Waals surface area contributed by atoms with E-state index < -0.39 is 154 Å². The zero-order valence-corrected chi connectivity index (χ0v) is 28.7. The lowest BCUT2D eigenvalue weighted by molar-refractivity contribution is -0.293. The minimum absolute atomic E-state index is 0.585. The van der Waals surface area contributed by atoms with Crippen molar-refractivity contribution in [2.24, 2.45) is 0 Å². The second kappa shape index (κ2) is 14.7. The predicted molar refractivity (Wildman–Crippen MR) is 160 cm³/mol. The van der Waals surface area contributed by atoms with E-state index in [0.717, 1.165) is 0 Å². The van der Waals surface area contributed by atoms with Crippen molar-refractivity contribution in [3.05, 3.63) is 0 Å². The van der Waals surface area contributed by atoms with Crippen molar-refractivity contribution < 1.29 is 104 Å². The van der Waals surface area contributed by atoms with Gasteiger partial charge in [-0.2, -0.15) is 0 Å². The van der Waals surface area contributed by atoms with Crippen LogP contribution in [0.4, 0.5) is 0 Å². The first-order valence-electron chi connectivity index (χ1n) is 16.6. The summed E-state index contributed by atoms with van der Waals surface area (Å²) in [6, 6.07) is 0. The van der Waals surface area contributed by atoms with Gasteiger partial charge in [-0.3, -0.25) is 0 Å². The summed E-state index contributed by atoms with van der Waals surface area (Å²) in [5.74, 6) is 0. The Morgan fingerprint density at radius 3 is 1.25 bits per heavy atom. The molecular weight excluding hydrogens is 696 g/mol. The lowest BCUT2D eigenvalue weighted by Gasteiger charge is -2.38. The quantitative estimate of drug-likeness (QED) is 0.0833. The molecule has 0 aromatic rings. The number of aliphatic hydroxyl groups is 12. The normalized spacial score (nSPS) is 56.1. The molecule has 5 aliphatic rings. The molecule has 0 aromatic heterocycles. The standard InChI is InChI=1S/C30H52O21/c1-26(39)11(6-31)45-22(17(26)36)49-19-24(47-13(8-33)28(19,3)41)43-10-15-30(5,16(35)21(38)44-15)51-25-20(29(4,42)14(9-34)48-25)50-23-18(37)27(2,40)12(7-32)46-23/h11-25,31-42H,6-10H2,1-5H3/t11-,12-,13-,14-,15-,16?,17?,18?,19?,20?,21+,22+,23+,24+,25-,26-,27-,28-,29-,30-/m1/s1. The summed E-state index contributed by atoms with van der Waals surface area (Å²) in [5, 5.41) is 126. The van der Waals surface area contributed by atoms with Crippen LogP contribution in [0.1, 0.15) is 34.6 Å². The topological polar surface area (TPSA) is 326 Å². The summed E-state index contributed by atoms with van der Waals surface area (Å²) in [7, 11) is 0. The van der Waals surface area contributed by atoms with E-state index in [1.807, 2.05) is 0 Å². The van der Waals surface area contributed by atoms with E-state index in [0.29, 0.717) is 0 Å². The Morgan fingerprint density at radius 1 is 0.471 bits per heavy atom. The minimum atomic E-state index is -2.04. The van der Waals surface area contributed by atoms with E-state index in [4.69, 9.17) is 42.6 Å². The summed E-state index contributed by atoms with van der Waals surface area (Å²) < 4.78 is 51.6. The fraction of sp³-hybridized carbons (Fsp3) is 1.00. The SMILES string of the molecule is C[C@]1(O)C(O)[C@H](OC2[C@@H](O[C@@]3(C)C(O)[C@@H](O)O[C@@H]3CO[C@H]3O[C@H](CO)[C@@](C)(O)C3O[C@@H]3O[C@H](CO)[C@@](C)(O)C3O)O[C@H](CO)[C@@]2(C)O)O[C@@H]1CO. The highest BCUT2D eigenvalue weighted by Gasteiger charge is 2.64. The number of hydrogen-bond donors (Lipinski definition) is 12. The Bertz CT molecular complexity index is 1190. The fourth-order valence-electron chi connectivity index (χ4n) is 7.01. The van der Waals surface area contributed by atoms with Gasteiger partial charge in [0, 0.05) is 0 Å². The molecule has 20 atom stereocenters. The highest BCUT2D eigenvalue weighted by molar-refractivity contribution is 5.07. The zero-order valence-electron chi connectivity index (χ0n) is 28.7. The molecule has 298 valence electrons. The van der Waals surface area contributed by atoms with Crippen LogP contribution in [0, 0.1) is 0 Å². The van der Waals surface area contributed by atoms with Crippen LogP contribution >= 0.6 is 0 Å². The molecule has 5 rings (SSSR count). The van der Waals surface area contributed by atoms with E-state index in [1.54, 1.807) is 0 Å². The molecular formula is C30H52O21. The average molecular weight is 749 g/mol. The minimum Gasteiger partial charge on any atom is -0.394 e. The first-order valence-corrected chi connectivity index (χ1v) is 16.6. The molecule has 5 saturated heterocycles. The predicted octanol–water partition coefficient (Wildman–Crippen LogP) is -6.78. The van der Waals surface area contributed by atoms with Crippen LogP contribution in [-0.2, 0) is 42.6 Å². The average Bonchev–Trinajstić information content (AvgIpc) is 3.69. The number of aliphatic hydroxyl groups excluding tert-OH is 8. The van der Waals surface area contributed by atoms with Crippen molar-refractivity contribution in [1.29, 1.82) is 0 Å². The molecule has 0 amide bonds. The van der Waals surface area contributed by atoms with Crippen molar-refractivity contribution in [3.8, 4) is 0 Å². The maximum absolute atomic E-state index is 11.4. The second-order valence-electron chi connectivity index (χ2n) is 14.7. The third kappa shape index (κ3) is 6.98. The van der Waals surface area contributed by atoms with E-state index in [-0.39, 0.29) is 0 Å². The summed E-state index contributed by atoms with van der Waals surface area (Å²) in [6.07, 6.45) is -23.2. The molecule has 21 heteroatoms. The first kappa shape index (κ1) is 41.3. The van der Waals surface area contributed by atoms with Crippen molar-refractivity contribution in [2.75, 3.05) is 33.0 Å². The fourth-order valence-corrected chi connectivity index (χ4v) is 7.01. The Morgan fingerprint density at radius 2 is 0.843 bits per heavy atom. The first-order chi connectivity index (χ1) is 23.6. The van der Waals surface area contributed by atoms with Gasteiger partial charge in [0.25, 0.3) is 0 Å². The van der Waals surface area contributed by atoms with Crippen LogP contribution in [0.25, 0.3) is 0 Å². The number of rotatable bonds is 13. The molecule has 5 aliphatic heterocycles. The molecule has 0 spiro atoms. The van der Waals surface area contributed by atoms with E-state index in [9.17, 15) is 61.3 Å². The van der Waals surface area contributed by atoms with Gasteiger partial charge in [0.1, 0.15) is 89.0 Å². The van der Waals surface area contributed by atoms with E-state index in [1.165, 1.54) is 34.6 Å². The smallest absolute Gasteiger partial charge is 0.188 e. The maximum Gasteiger partial charge on any atom is 0.188 e. The second-order valence-corrected chi connectivity index (χ2v) is 14.7. The molecule has 0 aromatic carbocycles. The van der Waals surface area contributed by atoms with Gasteiger partial charge < -0.3 is 104 Å². The maximum atomic E-state index is 11.4. The molecule has 12 N–H and O–H groups in total. The molecule has 0 bridgehead atoms. The summed E-state index contributed by atoms with van der Waals surface area (Å²) >= 11 is 0. The lowest BCUT2D eigenvalue weighted by Crippen LogP contribution is -2.56. The van der Waals surface area contributed by atoms with Gasteiger partial charge in [0.15, 0.2) is 31.5 Å². The third-order valence-electron chi connectivity index (χ3n) is 11.0. The highest BCUT2D eigenvalue weighted by Crippen LogP contribution is 2.44. The molecule has 51 heavy (non-hydrogen) atoms. The van der Waals surface area contributed by atoms with E-state index >= 15 is 0 Å². The van der Waals surface area contributed by atoms with Crippen LogP contribution in [0.3, 0.4) is 0 Å². The molecule has 5 heterocycles. The highest BCUT2D eigenvalue weighted by atomic mass is 16.8. The van der Waals surface area contributed by atoms with Crippen LogP contribution < -0.4 is 0 Å². The van der Waals surface area contributed by atoms with Crippen LogP contribution in [0.2, 0.25) is 0 Å². The molecule has 5 unspecified atom stereocenters. The van der Waals surface area contributed by atoms with Crippen molar-refractivity contribution >= 4 is 0 Å². The summed E-state index contributed by atoms with van der Waals surface area (Å²) in [6.45, 7) is 2.81. The number of hydrogen-bond acceptors (Lipinski definition) is 21. The summed E-state index contributed by atoms with van der Waals surface area (Å²) in [4.78, 5) is 0. The Kier molecular flexibility index (Phi) is 11.9. The van der Waals surface area contributed by atoms with Gasteiger partial charge in [0.05, 0.1) is 33.0 Å². The monoisotopic (exact) mass is 748 g/mol. The van der Waals surface area contributed by atoms with Crippen LogP contribution in [-0.4, -0.2) is 215 Å².